The van der Waals surface area contributed by atoms with Crippen LogP contribution in [0, 0.1) is 0 Å². The van der Waals surface area contributed by atoms with Crippen LogP contribution in [0.1, 0.15) is 27.7 Å². The van der Waals surface area contributed by atoms with Crippen LogP contribution < -0.4 is 4.74 Å². The first-order valence-corrected chi connectivity index (χ1v) is 7.75. The molecule has 132 valence electrons. The molecule has 1 rings (SSSR count). The van der Waals surface area contributed by atoms with Gasteiger partial charge in [-0.3, -0.25) is 0 Å². The van der Waals surface area contributed by atoms with Gasteiger partial charge in [0, 0.05) is 12.1 Å². The summed E-state index contributed by atoms with van der Waals surface area (Å²) >= 11 is 0. The molecular weight excluding hydrogens is 310 g/mol. The minimum absolute atomic E-state index is 0.144. The number of amides is 1. The molecule has 6 heteroatoms. The second kappa shape index (κ2) is 8.96. The van der Waals surface area contributed by atoms with Crippen LogP contribution in [0.25, 0.3) is 0 Å². The van der Waals surface area contributed by atoms with Crippen molar-refractivity contribution in [3.05, 3.63) is 42.0 Å². The molecule has 0 bridgehead atoms. The van der Waals surface area contributed by atoms with Crippen LogP contribution in [-0.2, 0) is 9.53 Å². The minimum atomic E-state index is -1.01. The van der Waals surface area contributed by atoms with Crippen molar-refractivity contribution in [2.75, 3.05) is 19.7 Å². The number of benzene rings is 1. The Morgan fingerprint density at radius 2 is 1.83 bits per heavy atom. The first-order chi connectivity index (χ1) is 11.2. The molecule has 0 saturated carbocycles. The van der Waals surface area contributed by atoms with E-state index in [1.165, 1.54) is 17.9 Å². The number of hydrogen-bond acceptors (Lipinski definition) is 4. The van der Waals surface area contributed by atoms with E-state index in [0.29, 0.717) is 5.75 Å². The van der Waals surface area contributed by atoms with Crippen LogP contribution in [-0.4, -0.2) is 47.4 Å². The first kappa shape index (κ1) is 19.5. The summed E-state index contributed by atoms with van der Waals surface area (Å²) in [5.74, 6) is -0.307. The third-order valence-electron chi connectivity index (χ3n) is 2.98. The van der Waals surface area contributed by atoms with E-state index in [-0.39, 0.29) is 25.3 Å². The van der Waals surface area contributed by atoms with Crippen molar-refractivity contribution in [1.29, 1.82) is 0 Å². The van der Waals surface area contributed by atoms with Crippen molar-refractivity contribution in [2.45, 2.75) is 33.3 Å². The van der Waals surface area contributed by atoms with Gasteiger partial charge in [-0.1, -0.05) is 24.3 Å². The smallest absolute Gasteiger partial charge is 0.410 e. The maximum Gasteiger partial charge on any atom is 0.410 e. The number of carbonyl (C=O) groups excluding carboxylic acids is 1. The molecule has 6 nitrogen and oxygen atoms in total. The molecule has 1 N–H and O–H groups in total. The van der Waals surface area contributed by atoms with E-state index < -0.39 is 17.7 Å². The second-order valence-corrected chi connectivity index (χ2v) is 6.28. The van der Waals surface area contributed by atoms with Gasteiger partial charge in [0.15, 0.2) is 0 Å². The van der Waals surface area contributed by atoms with E-state index in [1.807, 2.05) is 30.3 Å². The fourth-order valence-electron chi connectivity index (χ4n) is 1.71. The lowest BCUT2D eigenvalue weighted by Gasteiger charge is -2.26. The fraction of sp³-hybridized carbons (Fsp3) is 0.444. The summed E-state index contributed by atoms with van der Waals surface area (Å²) in [5.41, 5.74) is -0.450. The first-order valence-electron chi connectivity index (χ1n) is 7.75. The van der Waals surface area contributed by atoms with Gasteiger partial charge >= 0.3 is 12.1 Å². The van der Waals surface area contributed by atoms with E-state index in [1.54, 1.807) is 20.8 Å². The topological polar surface area (TPSA) is 76.1 Å². The Morgan fingerprint density at radius 3 is 2.38 bits per heavy atom. The molecule has 0 unspecified atom stereocenters. The number of carboxylic acid groups (broad SMARTS) is 1. The average Bonchev–Trinajstić information content (AvgIpc) is 2.49. The predicted molar refractivity (Wildman–Crippen MR) is 91.1 cm³/mol. The predicted octanol–water partition coefficient (Wildman–Crippen LogP) is 3.33. The summed E-state index contributed by atoms with van der Waals surface area (Å²) < 4.78 is 10.9. The number of carboxylic acids is 1. The van der Waals surface area contributed by atoms with Crippen molar-refractivity contribution in [2.24, 2.45) is 0 Å². The van der Waals surface area contributed by atoms with E-state index >= 15 is 0 Å². The van der Waals surface area contributed by atoms with Gasteiger partial charge < -0.3 is 19.5 Å². The number of para-hydroxylation sites is 1. The van der Waals surface area contributed by atoms with Crippen LogP contribution in [0.5, 0.6) is 5.75 Å². The largest absolute Gasteiger partial charge is 0.492 e. The Bertz CT molecular complexity index is 575. The summed E-state index contributed by atoms with van der Waals surface area (Å²) in [5, 5.41) is 8.92. The van der Waals surface area contributed by atoms with E-state index in [0.717, 1.165) is 0 Å². The highest BCUT2D eigenvalue weighted by Crippen LogP contribution is 2.11. The zero-order valence-corrected chi connectivity index (χ0v) is 14.6. The molecule has 1 aromatic rings. The molecule has 0 spiro atoms. The van der Waals surface area contributed by atoms with Crippen molar-refractivity contribution in [1.82, 2.24) is 4.90 Å². The van der Waals surface area contributed by atoms with Gasteiger partial charge in [-0.2, -0.15) is 0 Å². The van der Waals surface area contributed by atoms with Gasteiger partial charge in [0.2, 0.25) is 0 Å². The maximum absolute atomic E-state index is 12.3. The summed E-state index contributed by atoms with van der Waals surface area (Å²) in [7, 11) is 0. The Labute approximate surface area is 142 Å². The lowest BCUT2D eigenvalue weighted by molar-refractivity contribution is -0.132. The monoisotopic (exact) mass is 335 g/mol. The molecule has 0 aliphatic rings. The quantitative estimate of drug-likeness (QED) is 0.774. The van der Waals surface area contributed by atoms with Gasteiger partial charge in [-0.05, 0) is 39.8 Å². The molecular formula is C18H25NO5. The fourth-order valence-corrected chi connectivity index (χ4v) is 1.71. The van der Waals surface area contributed by atoms with Crippen LogP contribution in [0.2, 0.25) is 0 Å². The lowest BCUT2D eigenvalue weighted by atomic mass is 10.2. The number of carbonyl (C=O) groups is 2. The van der Waals surface area contributed by atoms with Crippen molar-refractivity contribution in [3.63, 3.8) is 0 Å². The highest BCUT2D eigenvalue weighted by atomic mass is 16.6. The number of nitrogens with zero attached hydrogens (tertiary/aromatic N) is 1. The summed E-state index contributed by atoms with van der Waals surface area (Å²) in [4.78, 5) is 24.6. The molecule has 1 amide bonds. The summed E-state index contributed by atoms with van der Waals surface area (Å²) in [6.45, 7) is 7.53. The molecule has 0 aliphatic carbocycles. The zero-order chi connectivity index (χ0) is 18.2. The molecule has 0 radical (unpaired) electrons. The highest BCUT2D eigenvalue weighted by Gasteiger charge is 2.21. The average molecular weight is 335 g/mol. The molecule has 0 atom stereocenters. The van der Waals surface area contributed by atoms with E-state index in [2.05, 4.69) is 0 Å². The van der Waals surface area contributed by atoms with Crippen LogP contribution in [0.3, 0.4) is 0 Å². The molecule has 0 fully saturated rings. The number of rotatable bonds is 7. The standard InChI is InChI=1S/C18H25NO5/c1-14(16(20)21)10-11-19(17(22)24-18(2,3)4)12-13-23-15-8-6-5-7-9-15/h5-10H,11-13H2,1-4H3,(H,20,21)/b14-10+. The summed E-state index contributed by atoms with van der Waals surface area (Å²) in [6.07, 6.45) is 0.975. The zero-order valence-electron chi connectivity index (χ0n) is 14.6. The Morgan fingerprint density at radius 1 is 1.21 bits per heavy atom. The molecule has 0 aliphatic heterocycles. The Kier molecular flexibility index (Phi) is 7.30. The van der Waals surface area contributed by atoms with Crippen molar-refractivity contribution < 1.29 is 24.2 Å². The molecule has 0 saturated heterocycles. The van der Waals surface area contributed by atoms with E-state index in [4.69, 9.17) is 14.6 Å². The third kappa shape index (κ3) is 7.67. The van der Waals surface area contributed by atoms with E-state index in [9.17, 15) is 9.59 Å². The number of hydrogen-bond donors (Lipinski definition) is 1. The highest BCUT2D eigenvalue weighted by molar-refractivity contribution is 5.85. The lowest BCUT2D eigenvalue weighted by Crippen LogP contribution is -2.39. The van der Waals surface area contributed by atoms with Gasteiger partial charge in [0.05, 0.1) is 6.54 Å². The van der Waals surface area contributed by atoms with Crippen molar-refractivity contribution >= 4 is 12.1 Å². The van der Waals surface area contributed by atoms with Crippen LogP contribution in [0.15, 0.2) is 42.0 Å². The normalized spacial score (nSPS) is 11.8. The number of aliphatic carboxylic acids is 1. The number of ether oxygens (including phenoxy) is 2. The van der Waals surface area contributed by atoms with Crippen LogP contribution >= 0.6 is 0 Å². The van der Waals surface area contributed by atoms with Gasteiger partial charge in [-0.15, -0.1) is 0 Å². The third-order valence-corrected chi connectivity index (χ3v) is 2.98. The van der Waals surface area contributed by atoms with Crippen molar-refractivity contribution in [3.8, 4) is 5.75 Å². The summed E-state index contributed by atoms with van der Waals surface area (Å²) in [6, 6.07) is 9.26. The van der Waals surface area contributed by atoms with Gasteiger partial charge in [-0.25, -0.2) is 9.59 Å². The molecule has 0 aromatic heterocycles. The Hall–Kier alpha value is -2.50. The SMILES string of the molecule is C/C(=C\CN(CCOc1ccccc1)C(=O)OC(C)(C)C)C(=O)O. The Balaban J connectivity index is 2.67. The maximum atomic E-state index is 12.3. The minimum Gasteiger partial charge on any atom is -0.492 e. The van der Waals surface area contributed by atoms with Gasteiger partial charge in [0.1, 0.15) is 18.0 Å². The van der Waals surface area contributed by atoms with Gasteiger partial charge in [0.25, 0.3) is 0 Å². The second-order valence-electron chi connectivity index (χ2n) is 6.28. The molecule has 24 heavy (non-hydrogen) atoms. The molecule has 1 aromatic carbocycles. The molecule has 0 heterocycles. The van der Waals surface area contributed by atoms with Crippen LogP contribution in [0.4, 0.5) is 4.79 Å².